The fourth-order valence-corrected chi connectivity index (χ4v) is 3.66. The number of rotatable bonds is 3. The van der Waals surface area contributed by atoms with Crippen LogP contribution in [0.4, 0.5) is 0 Å². The smallest absolute Gasteiger partial charge is 0.00959 e. The number of allylic oxidation sites excluding steroid dienone is 2. The van der Waals surface area contributed by atoms with Crippen molar-refractivity contribution in [3.63, 3.8) is 0 Å². The van der Waals surface area contributed by atoms with E-state index in [-0.39, 0.29) is 0 Å². The van der Waals surface area contributed by atoms with Crippen LogP contribution < -0.4 is 0 Å². The SMILES string of the molecule is C1=C(c2ccccc2)C[C@@H](c2ccccc2)[C@@H]1c1ccccc1. The Hall–Kier alpha value is -2.60. The minimum atomic E-state index is 0.453. The van der Waals surface area contributed by atoms with Crippen molar-refractivity contribution in [3.8, 4) is 0 Å². The molecule has 23 heavy (non-hydrogen) atoms. The second kappa shape index (κ2) is 6.26. The minimum absolute atomic E-state index is 0.453. The first-order valence-corrected chi connectivity index (χ1v) is 8.28. The van der Waals surface area contributed by atoms with Crippen LogP contribution in [0.2, 0.25) is 0 Å². The van der Waals surface area contributed by atoms with Gasteiger partial charge in [0.25, 0.3) is 0 Å². The Morgan fingerprint density at radius 1 is 0.565 bits per heavy atom. The molecule has 0 amide bonds. The minimum Gasteiger partial charge on any atom is -0.0725 e. The molecule has 0 nitrogen and oxygen atoms in total. The zero-order valence-electron chi connectivity index (χ0n) is 13.1. The normalized spacial score (nSPS) is 20.3. The molecule has 3 aromatic carbocycles. The third-order valence-corrected chi connectivity index (χ3v) is 4.81. The molecule has 0 bridgehead atoms. The van der Waals surface area contributed by atoms with Crippen molar-refractivity contribution in [1.29, 1.82) is 0 Å². The third kappa shape index (κ3) is 2.85. The molecule has 0 aromatic heterocycles. The topological polar surface area (TPSA) is 0 Å². The van der Waals surface area contributed by atoms with E-state index in [0.29, 0.717) is 11.8 Å². The Balaban J connectivity index is 1.75. The van der Waals surface area contributed by atoms with Crippen LogP contribution in [-0.4, -0.2) is 0 Å². The van der Waals surface area contributed by atoms with Gasteiger partial charge in [0, 0.05) is 5.92 Å². The molecule has 112 valence electrons. The van der Waals surface area contributed by atoms with Crippen LogP contribution in [0.1, 0.15) is 34.9 Å². The highest BCUT2D eigenvalue weighted by molar-refractivity contribution is 5.71. The number of hydrogen-bond donors (Lipinski definition) is 0. The van der Waals surface area contributed by atoms with Crippen molar-refractivity contribution in [2.75, 3.05) is 0 Å². The summed E-state index contributed by atoms with van der Waals surface area (Å²) in [7, 11) is 0. The molecule has 1 aliphatic rings. The summed E-state index contributed by atoms with van der Waals surface area (Å²) in [6.07, 6.45) is 3.58. The maximum Gasteiger partial charge on any atom is 0.00959 e. The van der Waals surface area contributed by atoms with Gasteiger partial charge in [-0.05, 0) is 34.6 Å². The Morgan fingerprint density at radius 2 is 1.09 bits per heavy atom. The fourth-order valence-electron chi connectivity index (χ4n) is 3.66. The average Bonchev–Trinajstić information content (AvgIpc) is 3.09. The van der Waals surface area contributed by atoms with Gasteiger partial charge in [0.2, 0.25) is 0 Å². The van der Waals surface area contributed by atoms with Crippen LogP contribution in [0.3, 0.4) is 0 Å². The molecule has 0 fully saturated rings. The lowest BCUT2D eigenvalue weighted by Crippen LogP contribution is -2.04. The summed E-state index contributed by atoms with van der Waals surface area (Å²) >= 11 is 0. The third-order valence-electron chi connectivity index (χ3n) is 4.81. The molecule has 0 heteroatoms. The summed E-state index contributed by atoms with van der Waals surface area (Å²) < 4.78 is 0. The van der Waals surface area contributed by atoms with Crippen molar-refractivity contribution in [3.05, 3.63) is 114 Å². The zero-order valence-corrected chi connectivity index (χ0v) is 13.1. The molecule has 0 heterocycles. The van der Waals surface area contributed by atoms with Crippen LogP contribution in [0.5, 0.6) is 0 Å². The second-order valence-electron chi connectivity index (χ2n) is 6.22. The van der Waals surface area contributed by atoms with Crippen LogP contribution in [0.25, 0.3) is 5.57 Å². The molecular formula is C23H20. The summed E-state index contributed by atoms with van der Waals surface area (Å²) in [5.41, 5.74) is 5.66. The van der Waals surface area contributed by atoms with Crippen LogP contribution in [-0.2, 0) is 0 Å². The highest BCUT2D eigenvalue weighted by Crippen LogP contribution is 2.47. The van der Waals surface area contributed by atoms with E-state index in [9.17, 15) is 0 Å². The van der Waals surface area contributed by atoms with Crippen molar-refractivity contribution in [2.45, 2.75) is 18.3 Å². The quantitative estimate of drug-likeness (QED) is 0.552. The molecule has 0 aliphatic heterocycles. The van der Waals surface area contributed by atoms with E-state index in [2.05, 4.69) is 97.1 Å². The first-order valence-electron chi connectivity index (χ1n) is 8.28. The van der Waals surface area contributed by atoms with Gasteiger partial charge in [-0.3, -0.25) is 0 Å². The Kier molecular flexibility index (Phi) is 3.81. The molecule has 0 saturated carbocycles. The molecule has 0 radical (unpaired) electrons. The summed E-state index contributed by atoms with van der Waals surface area (Å²) in [5.74, 6) is 0.975. The molecule has 2 atom stereocenters. The maximum absolute atomic E-state index is 2.47. The zero-order chi connectivity index (χ0) is 15.5. The van der Waals surface area contributed by atoms with Gasteiger partial charge in [0.05, 0.1) is 0 Å². The molecule has 0 N–H and O–H groups in total. The number of hydrogen-bond acceptors (Lipinski definition) is 0. The second-order valence-corrected chi connectivity index (χ2v) is 6.22. The fraction of sp³-hybridized carbons (Fsp3) is 0.130. The Bertz CT molecular complexity index is 785. The summed E-state index contributed by atoms with van der Waals surface area (Å²) in [5, 5.41) is 0. The lowest BCUT2D eigenvalue weighted by atomic mass is 9.83. The van der Waals surface area contributed by atoms with Crippen molar-refractivity contribution in [1.82, 2.24) is 0 Å². The average molecular weight is 296 g/mol. The van der Waals surface area contributed by atoms with E-state index in [4.69, 9.17) is 0 Å². The van der Waals surface area contributed by atoms with E-state index in [1.165, 1.54) is 22.3 Å². The first-order chi connectivity index (χ1) is 11.4. The maximum atomic E-state index is 2.47. The van der Waals surface area contributed by atoms with E-state index in [1.54, 1.807) is 0 Å². The van der Waals surface area contributed by atoms with Crippen LogP contribution in [0, 0.1) is 0 Å². The summed E-state index contributed by atoms with van der Waals surface area (Å²) in [6, 6.07) is 32.6. The summed E-state index contributed by atoms with van der Waals surface area (Å²) in [6.45, 7) is 0. The van der Waals surface area contributed by atoms with Crippen molar-refractivity contribution >= 4 is 5.57 Å². The van der Waals surface area contributed by atoms with E-state index in [1.807, 2.05) is 0 Å². The predicted octanol–water partition coefficient (Wildman–Crippen LogP) is 6.04. The monoisotopic (exact) mass is 296 g/mol. The van der Waals surface area contributed by atoms with Crippen molar-refractivity contribution in [2.24, 2.45) is 0 Å². The first kappa shape index (κ1) is 14.0. The van der Waals surface area contributed by atoms with Gasteiger partial charge < -0.3 is 0 Å². The predicted molar refractivity (Wildman–Crippen MR) is 97.4 cm³/mol. The largest absolute Gasteiger partial charge is 0.0725 e. The molecular weight excluding hydrogens is 276 g/mol. The van der Waals surface area contributed by atoms with Gasteiger partial charge in [0.1, 0.15) is 0 Å². The lowest BCUT2D eigenvalue weighted by molar-refractivity contribution is 0.668. The van der Waals surface area contributed by atoms with Gasteiger partial charge in [0.15, 0.2) is 0 Å². The van der Waals surface area contributed by atoms with Gasteiger partial charge in [-0.2, -0.15) is 0 Å². The molecule has 3 aromatic rings. The number of benzene rings is 3. The standard InChI is InChI=1S/C23H20/c1-4-10-18(11-5-1)21-16-22(19-12-6-2-7-13-19)23(17-21)20-14-8-3-9-15-20/h1-16,22-23H,17H2/t22-,23-/m0/s1. The summed E-state index contributed by atoms with van der Waals surface area (Å²) in [4.78, 5) is 0. The molecule has 0 spiro atoms. The van der Waals surface area contributed by atoms with Crippen molar-refractivity contribution < 1.29 is 0 Å². The molecule has 0 saturated heterocycles. The molecule has 0 unspecified atom stereocenters. The van der Waals surface area contributed by atoms with Gasteiger partial charge in [-0.15, -0.1) is 0 Å². The van der Waals surface area contributed by atoms with Crippen LogP contribution >= 0.6 is 0 Å². The Morgan fingerprint density at radius 3 is 1.70 bits per heavy atom. The van der Waals surface area contributed by atoms with E-state index in [0.717, 1.165) is 6.42 Å². The molecule has 4 rings (SSSR count). The van der Waals surface area contributed by atoms with Crippen LogP contribution in [0.15, 0.2) is 97.1 Å². The van der Waals surface area contributed by atoms with E-state index >= 15 is 0 Å². The molecule has 1 aliphatic carbocycles. The van der Waals surface area contributed by atoms with Gasteiger partial charge >= 0.3 is 0 Å². The van der Waals surface area contributed by atoms with Gasteiger partial charge in [-0.25, -0.2) is 0 Å². The van der Waals surface area contributed by atoms with E-state index < -0.39 is 0 Å². The highest BCUT2D eigenvalue weighted by Gasteiger charge is 2.30. The Labute approximate surface area is 138 Å². The van der Waals surface area contributed by atoms with Gasteiger partial charge in [-0.1, -0.05) is 97.1 Å². The highest BCUT2D eigenvalue weighted by atomic mass is 14.3. The lowest BCUT2D eigenvalue weighted by Gasteiger charge is -2.20.